The van der Waals surface area contributed by atoms with E-state index in [0.29, 0.717) is 6.54 Å². The summed E-state index contributed by atoms with van der Waals surface area (Å²) in [5.41, 5.74) is 1.54. The van der Waals surface area contributed by atoms with Gasteiger partial charge in [0.2, 0.25) is 0 Å². The van der Waals surface area contributed by atoms with Crippen LogP contribution in [0.3, 0.4) is 0 Å². The first-order valence-electron chi connectivity index (χ1n) is 8.64. The first-order chi connectivity index (χ1) is 12.8. The van der Waals surface area contributed by atoms with Gasteiger partial charge in [0.25, 0.3) is 15.9 Å². The lowest BCUT2D eigenvalue weighted by molar-refractivity contribution is 0.0858. The number of nitrogens with one attached hydrogen (secondary N) is 2. The van der Waals surface area contributed by atoms with Gasteiger partial charge in [-0.1, -0.05) is 29.3 Å². The Morgan fingerprint density at radius 2 is 1.96 bits per heavy atom. The maximum atomic E-state index is 12.4. The summed E-state index contributed by atoms with van der Waals surface area (Å²) in [4.78, 5) is 12.4. The van der Waals surface area contributed by atoms with Crippen LogP contribution in [0.2, 0.25) is 5.02 Å². The van der Waals surface area contributed by atoms with Gasteiger partial charge in [0.05, 0.1) is 27.3 Å². The molecule has 1 aliphatic rings. The fourth-order valence-electron chi connectivity index (χ4n) is 2.80. The maximum Gasteiger partial charge on any atom is 0.261 e. The van der Waals surface area contributed by atoms with Crippen molar-refractivity contribution < 1.29 is 17.9 Å². The third kappa shape index (κ3) is 5.00. The number of rotatable bonds is 6. The summed E-state index contributed by atoms with van der Waals surface area (Å²) in [7, 11) is -3.73. The van der Waals surface area contributed by atoms with Gasteiger partial charge in [-0.05, 0) is 50.1 Å². The Kier molecular flexibility index (Phi) is 6.04. The molecule has 0 radical (unpaired) electrons. The second-order valence-corrected chi connectivity index (χ2v) is 8.55. The van der Waals surface area contributed by atoms with Crippen LogP contribution >= 0.6 is 11.6 Å². The molecule has 0 unspecified atom stereocenters. The van der Waals surface area contributed by atoms with Crippen molar-refractivity contribution in [2.45, 2.75) is 30.8 Å². The average Bonchev–Trinajstić information content (AvgIpc) is 3.13. The fraction of sp³-hybridized carbons (Fsp3) is 0.316. The summed E-state index contributed by atoms with van der Waals surface area (Å²) >= 11 is 6.19. The van der Waals surface area contributed by atoms with Crippen LogP contribution in [0.1, 0.15) is 28.8 Å². The number of hydrogen-bond acceptors (Lipinski definition) is 4. The van der Waals surface area contributed by atoms with Crippen molar-refractivity contribution in [1.82, 2.24) is 5.32 Å². The zero-order chi connectivity index (χ0) is 19.4. The predicted octanol–water partition coefficient (Wildman–Crippen LogP) is 3.36. The van der Waals surface area contributed by atoms with E-state index in [1.54, 1.807) is 12.1 Å². The van der Waals surface area contributed by atoms with Gasteiger partial charge in [-0.15, -0.1) is 0 Å². The van der Waals surface area contributed by atoms with Crippen molar-refractivity contribution in [3.05, 3.63) is 58.6 Å². The van der Waals surface area contributed by atoms with Crippen molar-refractivity contribution in [3.63, 3.8) is 0 Å². The summed E-state index contributed by atoms with van der Waals surface area (Å²) in [6.45, 7) is 3.03. The molecular formula is C19H21ClN2O4S. The number of ether oxygens (including phenoxy) is 1. The zero-order valence-electron chi connectivity index (χ0n) is 14.9. The van der Waals surface area contributed by atoms with E-state index in [4.69, 9.17) is 16.3 Å². The molecule has 2 aromatic carbocycles. The Hall–Kier alpha value is -2.09. The largest absolute Gasteiger partial charge is 0.376 e. The number of sulfonamides is 1. The highest BCUT2D eigenvalue weighted by Gasteiger charge is 2.19. The number of anilines is 1. The highest BCUT2D eigenvalue weighted by Crippen LogP contribution is 2.23. The quantitative estimate of drug-likeness (QED) is 0.767. The first-order valence-corrected chi connectivity index (χ1v) is 10.5. The lowest BCUT2D eigenvalue weighted by atomic mass is 10.2. The molecule has 2 aromatic rings. The topological polar surface area (TPSA) is 84.5 Å². The van der Waals surface area contributed by atoms with E-state index in [1.165, 1.54) is 30.3 Å². The zero-order valence-corrected chi connectivity index (χ0v) is 16.4. The SMILES string of the molecule is Cc1ccc(S(=O)(=O)Nc2ccc(C(=O)NC[C@@H]3CCCO3)c(Cl)c2)cc1. The Balaban J connectivity index is 1.68. The fourth-order valence-corrected chi connectivity index (χ4v) is 4.12. The number of halogens is 1. The molecule has 27 heavy (non-hydrogen) atoms. The molecule has 2 N–H and O–H groups in total. The molecule has 1 fully saturated rings. The van der Waals surface area contributed by atoms with Crippen molar-refractivity contribution in [2.75, 3.05) is 17.9 Å². The van der Waals surface area contributed by atoms with Crippen LogP contribution in [0.15, 0.2) is 47.4 Å². The second kappa shape index (κ2) is 8.29. The van der Waals surface area contributed by atoms with Crippen molar-refractivity contribution in [3.8, 4) is 0 Å². The van der Waals surface area contributed by atoms with Gasteiger partial charge in [0.15, 0.2) is 0 Å². The smallest absolute Gasteiger partial charge is 0.261 e. The number of benzene rings is 2. The van der Waals surface area contributed by atoms with Gasteiger partial charge >= 0.3 is 0 Å². The summed E-state index contributed by atoms with van der Waals surface area (Å²) in [6.07, 6.45) is 1.96. The highest BCUT2D eigenvalue weighted by atomic mass is 35.5. The molecule has 3 rings (SSSR count). The Morgan fingerprint density at radius 1 is 1.22 bits per heavy atom. The van der Waals surface area contributed by atoms with E-state index in [2.05, 4.69) is 10.0 Å². The van der Waals surface area contributed by atoms with Gasteiger partial charge in [-0.3, -0.25) is 9.52 Å². The summed E-state index contributed by atoms with van der Waals surface area (Å²) in [5.74, 6) is -0.316. The monoisotopic (exact) mass is 408 g/mol. The van der Waals surface area contributed by atoms with E-state index in [-0.39, 0.29) is 33.2 Å². The summed E-state index contributed by atoms with van der Waals surface area (Å²) in [5, 5.41) is 2.96. The third-order valence-electron chi connectivity index (χ3n) is 4.31. The molecule has 8 heteroatoms. The Labute approximate surface area is 163 Å². The minimum absolute atomic E-state index is 0.0355. The van der Waals surface area contributed by atoms with E-state index in [0.717, 1.165) is 25.0 Å². The molecule has 1 heterocycles. The van der Waals surface area contributed by atoms with Crippen LogP contribution < -0.4 is 10.0 Å². The van der Waals surface area contributed by atoms with Crippen LogP contribution in [0.4, 0.5) is 5.69 Å². The Bertz CT molecular complexity index is 923. The molecule has 1 amide bonds. The van der Waals surface area contributed by atoms with Crippen molar-refractivity contribution >= 4 is 33.2 Å². The molecule has 1 saturated heterocycles. The number of carbonyl (C=O) groups is 1. The maximum absolute atomic E-state index is 12.4. The van der Waals surface area contributed by atoms with Gasteiger partial charge < -0.3 is 10.1 Å². The lowest BCUT2D eigenvalue weighted by Crippen LogP contribution is -2.31. The van der Waals surface area contributed by atoms with Crippen LogP contribution in [0, 0.1) is 6.92 Å². The molecule has 0 aliphatic carbocycles. The van der Waals surface area contributed by atoms with Crippen LogP contribution in [-0.4, -0.2) is 33.6 Å². The van der Waals surface area contributed by atoms with Gasteiger partial charge in [-0.2, -0.15) is 0 Å². The summed E-state index contributed by atoms with van der Waals surface area (Å²) in [6, 6.07) is 11.0. The normalized spacial score (nSPS) is 16.9. The van der Waals surface area contributed by atoms with Gasteiger partial charge in [0, 0.05) is 13.2 Å². The molecule has 0 spiro atoms. The second-order valence-electron chi connectivity index (χ2n) is 6.46. The molecule has 1 atom stereocenters. The van der Waals surface area contributed by atoms with Crippen LogP contribution in [0.25, 0.3) is 0 Å². The molecule has 6 nitrogen and oxygen atoms in total. The number of amides is 1. The van der Waals surface area contributed by atoms with Crippen LogP contribution in [-0.2, 0) is 14.8 Å². The lowest BCUT2D eigenvalue weighted by Gasteiger charge is -2.13. The summed E-state index contributed by atoms with van der Waals surface area (Å²) < 4.78 is 32.8. The van der Waals surface area contributed by atoms with Crippen molar-refractivity contribution in [1.29, 1.82) is 0 Å². The number of aryl methyl sites for hydroxylation is 1. The van der Waals surface area contributed by atoms with E-state index < -0.39 is 10.0 Å². The molecular weight excluding hydrogens is 388 g/mol. The molecule has 0 saturated carbocycles. The highest BCUT2D eigenvalue weighted by molar-refractivity contribution is 7.92. The number of hydrogen-bond donors (Lipinski definition) is 2. The minimum Gasteiger partial charge on any atom is -0.376 e. The standard InChI is InChI=1S/C19H21ClN2O4S/c1-13-4-7-16(8-5-13)27(24,25)22-14-6-9-17(18(20)11-14)19(23)21-12-15-3-2-10-26-15/h4-9,11,15,22H,2-3,10,12H2,1H3,(H,21,23)/t15-/m0/s1. The van der Waals surface area contributed by atoms with Crippen molar-refractivity contribution in [2.24, 2.45) is 0 Å². The van der Waals surface area contributed by atoms with Gasteiger partial charge in [-0.25, -0.2) is 8.42 Å². The predicted molar refractivity (Wildman–Crippen MR) is 105 cm³/mol. The first kappa shape index (κ1) is 19.7. The molecule has 1 aliphatic heterocycles. The molecule has 0 bridgehead atoms. The Morgan fingerprint density at radius 3 is 2.59 bits per heavy atom. The van der Waals surface area contributed by atoms with Gasteiger partial charge in [0.1, 0.15) is 0 Å². The molecule has 0 aromatic heterocycles. The van der Waals surface area contributed by atoms with E-state index in [1.807, 2.05) is 6.92 Å². The molecule has 144 valence electrons. The third-order valence-corrected chi connectivity index (χ3v) is 6.02. The van der Waals surface area contributed by atoms with E-state index >= 15 is 0 Å². The van der Waals surface area contributed by atoms with Crippen LogP contribution in [0.5, 0.6) is 0 Å². The van der Waals surface area contributed by atoms with E-state index in [9.17, 15) is 13.2 Å². The minimum atomic E-state index is -3.73. The number of carbonyl (C=O) groups excluding carboxylic acids is 1. The average molecular weight is 409 g/mol.